The molecule has 2 aromatic heterocycles. The van der Waals surface area contributed by atoms with Crippen molar-refractivity contribution in [2.45, 2.75) is 25.1 Å². The Balaban J connectivity index is 1.86. The zero-order valence-electron chi connectivity index (χ0n) is 12.4. The number of anilines is 1. The Morgan fingerprint density at radius 3 is 2.41 bits per heavy atom. The smallest absolute Gasteiger partial charge is 0.355 e. The lowest BCUT2D eigenvalue weighted by Crippen LogP contribution is -2.42. The Morgan fingerprint density at radius 2 is 1.82 bits per heavy atom. The molecule has 0 aromatic carbocycles. The predicted molar refractivity (Wildman–Crippen MR) is 74.7 cm³/mol. The molecule has 3 heterocycles. The molecule has 120 valence electrons. The van der Waals surface area contributed by atoms with Gasteiger partial charge in [-0.3, -0.25) is 0 Å². The molecule has 0 radical (unpaired) electrons. The van der Waals surface area contributed by atoms with E-state index >= 15 is 0 Å². The minimum absolute atomic E-state index is 0.0965. The standard InChI is InChI=1S/C13H17F3N6/c1-20(2)9-5-7-21(8-6-9)11-4-3-10-17-18-12(13(14,15)16)22(10)19-11/h3-4,9H,5-8H2,1-2H3. The van der Waals surface area contributed by atoms with Crippen LogP contribution in [0.15, 0.2) is 12.1 Å². The molecule has 0 amide bonds. The highest BCUT2D eigenvalue weighted by Crippen LogP contribution is 2.28. The van der Waals surface area contributed by atoms with E-state index in [0.29, 0.717) is 11.9 Å². The topological polar surface area (TPSA) is 49.6 Å². The molecule has 0 N–H and O–H groups in total. The molecule has 1 aliphatic rings. The summed E-state index contributed by atoms with van der Waals surface area (Å²) in [5, 5.41) is 10.8. The highest BCUT2D eigenvalue weighted by atomic mass is 19.4. The van der Waals surface area contributed by atoms with Crippen molar-refractivity contribution >= 4 is 11.5 Å². The van der Waals surface area contributed by atoms with Crippen molar-refractivity contribution in [2.75, 3.05) is 32.1 Å². The SMILES string of the molecule is CN(C)C1CCN(c2ccc3nnc(C(F)(F)F)n3n2)CC1. The molecule has 0 bridgehead atoms. The van der Waals surface area contributed by atoms with Crippen LogP contribution in [-0.2, 0) is 6.18 Å². The van der Waals surface area contributed by atoms with E-state index in [2.05, 4.69) is 20.2 Å². The molecule has 1 saturated heterocycles. The number of rotatable bonds is 2. The van der Waals surface area contributed by atoms with E-state index in [1.807, 2.05) is 19.0 Å². The monoisotopic (exact) mass is 314 g/mol. The van der Waals surface area contributed by atoms with Gasteiger partial charge < -0.3 is 9.80 Å². The summed E-state index contributed by atoms with van der Waals surface area (Å²) in [6.45, 7) is 1.54. The highest BCUT2D eigenvalue weighted by molar-refractivity contribution is 5.46. The third-order valence-corrected chi connectivity index (χ3v) is 4.02. The Morgan fingerprint density at radius 1 is 1.14 bits per heavy atom. The molecule has 0 unspecified atom stereocenters. The fourth-order valence-corrected chi connectivity index (χ4v) is 2.74. The zero-order chi connectivity index (χ0) is 15.9. The molecule has 1 fully saturated rings. The molecule has 3 rings (SSSR count). The van der Waals surface area contributed by atoms with Gasteiger partial charge in [-0.15, -0.1) is 15.3 Å². The molecule has 22 heavy (non-hydrogen) atoms. The van der Waals surface area contributed by atoms with E-state index in [4.69, 9.17) is 0 Å². The Hall–Kier alpha value is -1.90. The number of fused-ring (bicyclic) bond motifs is 1. The van der Waals surface area contributed by atoms with Crippen LogP contribution in [0.2, 0.25) is 0 Å². The number of aromatic nitrogens is 4. The number of halogens is 3. The van der Waals surface area contributed by atoms with E-state index in [0.717, 1.165) is 30.4 Å². The molecule has 9 heteroatoms. The second kappa shape index (κ2) is 5.38. The minimum atomic E-state index is -4.57. The second-order valence-corrected chi connectivity index (χ2v) is 5.66. The third-order valence-electron chi connectivity index (χ3n) is 4.02. The van der Waals surface area contributed by atoms with Gasteiger partial charge in [0.05, 0.1) is 0 Å². The van der Waals surface area contributed by atoms with Gasteiger partial charge in [-0.2, -0.15) is 17.7 Å². The zero-order valence-corrected chi connectivity index (χ0v) is 12.4. The lowest BCUT2D eigenvalue weighted by Gasteiger charge is -2.35. The van der Waals surface area contributed by atoms with Crippen molar-refractivity contribution in [1.29, 1.82) is 0 Å². The van der Waals surface area contributed by atoms with Crippen molar-refractivity contribution in [2.24, 2.45) is 0 Å². The van der Waals surface area contributed by atoms with Gasteiger partial charge in [-0.05, 0) is 39.1 Å². The van der Waals surface area contributed by atoms with Crippen molar-refractivity contribution in [3.05, 3.63) is 18.0 Å². The molecule has 1 aliphatic heterocycles. The summed E-state index contributed by atoms with van der Waals surface area (Å²) in [7, 11) is 4.08. The molecule has 0 aliphatic carbocycles. The quantitative estimate of drug-likeness (QED) is 0.844. The van der Waals surface area contributed by atoms with E-state index < -0.39 is 12.0 Å². The third kappa shape index (κ3) is 2.72. The average molecular weight is 314 g/mol. The first-order chi connectivity index (χ1) is 10.4. The number of hydrogen-bond acceptors (Lipinski definition) is 5. The summed E-state index contributed by atoms with van der Waals surface area (Å²) >= 11 is 0. The first-order valence-corrected chi connectivity index (χ1v) is 7.07. The van der Waals surface area contributed by atoms with Crippen LogP contribution in [0.5, 0.6) is 0 Å². The average Bonchev–Trinajstić information content (AvgIpc) is 2.90. The van der Waals surface area contributed by atoms with Crippen LogP contribution in [0.3, 0.4) is 0 Å². The fourth-order valence-electron chi connectivity index (χ4n) is 2.74. The maximum Gasteiger partial charge on any atom is 0.453 e. The van der Waals surface area contributed by atoms with Crippen molar-refractivity contribution < 1.29 is 13.2 Å². The van der Waals surface area contributed by atoms with Gasteiger partial charge in [0, 0.05) is 19.1 Å². The van der Waals surface area contributed by atoms with Crippen LogP contribution in [0.25, 0.3) is 5.65 Å². The molecular formula is C13H17F3N6. The summed E-state index contributed by atoms with van der Waals surface area (Å²) in [6, 6.07) is 3.71. The van der Waals surface area contributed by atoms with Crippen molar-refractivity contribution in [3.63, 3.8) is 0 Å². The molecule has 0 atom stereocenters. The predicted octanol–water partition coefficient (Wildman–Crippen LogP) is 1.67. The van der Waals surface area contributed by atoms with Gasteiger partial charge in [0.2, 0.25) is 0 Å². The summed E-state index contributed by atoms with van der Waals surface area (Å²) < 4.78 is 39.4. The molecule has 2 aromatic rings. The Kier molecular flexibility index (Phi) is 3.67. The van der Waals surface area contributed by atoms with Crippen LogP contribution in [-0.4, -0.2) is 57.9 Å². The molecule has 0 spiro atoms. The number of piperidine rings is 1. The van der Waals surface area contributed by atoms with Crippen LogP contribution >= 0.6 is 0 Å². The van der Waals surface area contributed by atoms with Gasteiger partial charge in [0.15, 0.2) is 5.65 Å². The summed E-state index contributed by atoms with van der Waals surface area (Å²) in [4.78, 5) is 4.18. The van der Waals surface area contributed by atoms with Crippen LogP contribution < -0.4 is 4.90 Å². The second-order valence-electron chi connectivity index (χ2n) is 5.66. The lowest BCUT2D eigenvalue weighted by molar-refractivity contribution is -0.146. The number of hydrogen-bond donors (Lipinski definition) is 0. The molecule has 6 nitrogen and oxygen atoms in total. The number of alkyl halides is 3. The maximum atomic E-state index is 12.9. The van der Waals surface area contributed by atoms with Gasteiger partial charge in [0.1, 0.15) is 5.82 Å². The van der Waals surface area contributed by atoms with Gasteiger partial charge in [-0.1, -0.05) is 0 Å². The first-order valence-electron chi connectivity index (χ1n) is 7.07. The lowest BCUT2D eigenvalue weighted by atomic mass is 10.0. The van der Waals surface area contributed by atoms with E-state index in [9.17, 15) is 13.2 Å². The van der Waals surface area contributed by atoms with Crippen LogP contribution in [0.1, 0.15) is 18.7 Å². The fraction of sp³-hybridized carbons (Fsp3) is 0.615. The van der Waals surface area contributed by atoms with E-state index in [-0.39, 0.29) is 5.65 Å². The first kappa shape index (κ1) is 15.0. The van der Waals surface area contributed by atoms with Crippen LogP contribution in [0, 0.1) is 0 Å². The number of nitrogens with zero attached hydrogens (tertiary/aromatic N) is 6. The highest BCUT2D eigenvalue weighted by Gasteiger charge is 2.37. The molecule has 0 saturated carbocycles. The van der Waals surface area contributed by atoms with Crippen molar-refractivity contribution in [3.8, 4) is 0 Å². The summed E-state index contributed by atoms with van der Waals surface area (Å²) in [5.41, 5.74) is 0.0965. The van der Waals surface area contributed by atoms with Gasteiger partial charge >= 0.3 is 6.18 Å². The summed E-state index contributed by atoms with van der Waals surface area (Å²) in [6.07, 6.45) is -2.65. The molecular weight excluding hydrogens is 297 g/mol. The maximum absolute atomic E-state index is 12.9. The van der Waals surface area contributed by atoms with Crippen molar-refractivity contribution in [1.82, 2.24) is 24.7 Å². The Bertz CT molecular complexity index is 657. The van der Waals surface area contributed by atoms with E-state index in [1.54, 1.807) is 6.07 Å². The van der Waals surface area contributed by atoms with Crippen LogP contribution in [0.4, 0.5) is 19.0 Å². The van der Waals surface area contributed by atoms with Gasteiger partial charge in [-0.25, -0.2) is 0 Å². The largest absolute Gasteiger partial charge is 0.453 e. The van der Waals surface area contributed by atoms with Gasteiger partial charge in [0.25, 0.3) is 5.82 Å². The minimum Gasteiger partial charge on any atom is -0.355 e. The van der Waals surface area contributed by atoms with E-state index in [1.165, 1.54) is 6.07 Å². The summed E-state index contributed by atoms with van der Waals surface area (Å²) in [5.74, 6) is -0.567. The Labute approximate surface area is 125 Å². The normalized spacial score (nSPS) is 17.6.